The van der Waals surface area contributed by atoms with Crippen LogP contribution < -0.4 is 22.3 Å². The summed E-state index contributed by atoms with van der Waals surface area (Å²) in [6.07, 6.45) is 0.524. The molecule has 0 aliphatic heterocycles. The van der Waals surface area contributed by atoms with E-state index in [2.05, 4.69) is 15.6 Å². The molecule has 0 bridgehead atoms. The third-order valence-corrected chi connectivity index (χ3v) is 1.39. The fourth-order valence-corrected chi connectivity index (χ4v) is 0.742. The summed E-state index contributed by atoms with van der Waals surface area (Å²) in [5.41, 5.74) is 14.7. The third-order valence-electron chi connectivity index (χ3n) is 1.39. The normalized spacial score (nSPS) is 12.1. The molecule has 0 fully saturated rings. The summed E-state index contributed by atoms with van der Waals surface area (Å²) in [5, 5.41) is 7.33. The highest BCUT2D eigenvalue weighted by Gasteiger charge is 2.02. The van der Waals surface area contributed by atoms with Gasteiger partial charge in [0.15, 0.2) is 0 Å². The number of primary amides is 2. The number of carbonyl (C=O) groups excluding carboxylic acids is 2. The summed E-state index contributed by atoms with van der Waals surface area (Å²) in [4.78, 5) is 20.7. The Labute approximate surface area is 86.8 Å². The molecule has 0 atom stereocenters. The highest BCUT2D eigenvalue weighted by atomic mass is 16.2. The zero-order valence-electron chi connectivity index (χ0n) is 8.57. The molecule has 6 N–H and O–H groups in total. The summed E-state index contributed by atoms with van der Waals surface area (Å²) < 4.78 is 0. The molecular weight excluding hydrogens is 200 g/mol. The van der Waals surface area contributed by atoms with Gasteiger partial charge in [0, 0.05) is 0 Å². The first kappa shape index (κ1) is 12.9. The molecular formula is C7H14N6O2. The Morgan fingerprint density at radius 1 is 1.13 bits per heavy atom. The van der Waals surface area contributed by atoms with Crippen molar-refractivity contribution in [1.29, 1.82) is 0 Å². The molecule has 0 radical (unpaired) electrons. The molecule has 0 aromatic rings. The lowest BCUT2D eigenvalue weighted by molar-refractivity contribution is 0.248. The van der Waals surface area contributed by atoms with Crippen LogP contribution in [0.25, 0.3) is 0 Å². The Bertz CT molecular complexity index is 309. The summed E-state index contributed by atoms with van der Waals surface area (Å²) >= 11 is 0. The van der Waals surface area contributed by atoms with Gasteiger partial charge < -0.3 is 11.5 Å². The summed E-state index contributed by atoms with van der Waals surface area (Å²) in [6.45, 7) is 3.42. The molecule has 15 heavy (non-hydrogen) atoms. The molecule has 0 spiro atoms. The first-order valence-electron chi connectivity index (χ1n) is 4.19. The maximum absolute atomic E-state index is 10.4. The quantitative estimate of drug-likeness (QED) is 0.369. The van der Waals surface area contributed by atoms with Crippen LogP contribution in [0.1, 0.15) is 20.3 Å². The Hall–Kier alpha value is -2.12. The molecule has 8 nitrogen and oxygen atoms in total. The molecule has 0 saturated heterocycles. The number of hydrogen-bond acceptors (Lipinski definition) is 4. The van der Waals surface area contributed by atoms with E-state index in [0.717, 1.165) is 0 Å². The number of amides is 4. The number of nitrogens with two attached hydrogens (primary N) is 2. The monoisotopic (exact) mass is 214 g/mol. The second kappa shape index (κ2) is 6.35. The van der Waals surface area contributed by atoms with E-state index in [0.29, 0.717) is 17.8 Å². The van der Waals surface area contributed by atoms with E-state index in [1.54, 1.807) is 6.92 Å². The Balaban J connectivity index is 4.51. The molecule has 0 saturated carbocycles. The van der Waals surface area contributed by atoms with Crippen LogP contribution in [0.2, 0.25) is 0 Å². The van der Waals surface area contributed by atoms with Crippen molar-refractivity contribution in [3.05, 3.63) is 0 Å². The minimum absolute atomic E-state index is 0.435. The second-order valence-corrected chi connectivity index (χ2v) is 2.56. The van der Waals surface area contributed by atoms with E-state index in [1.165, 1.54) is 0 Å². The van der Waals surface area contributed by atoms with E-state index in [1.807, 2.05) is 12.3 Å². The van der Waals surface area contributed by atoms with E-state index in [-0.39, 0.29) is 0 Å². The van der Waals surface area contributed by atoms with Crippen LogP contribution in [0.4, 0.5) is 9.59 Å². The van der Waals surface area contributed by atoms with Gasteiger partial charge in [-0.3, -0.25) is 0 Å². The first-order valence-corrected chi connectivity index (χ1v) is 4.19. The van der Waals surface area contributed by atoms with Gasteiger partial charge in [-0.05, 0) is 13.3 Å². The highest BCUT2D eigenvalue weighted by Crippen LogP contribution is 1.89. The summed E-state index contributed by atoms with van der Waals surface area (Å²) in [7, 11) is 0. The number of nitrogens with one attached hydrogen (secondary N) is 2. The Morgan fingerprint density at radius 3 is 2.00 bits per heavy atom. The fraction of sp³-hybridized carbons (Fsp3) is 0.429. The lowest BCUT2D eigenvalue weighted by Crippen LogP contribution is -2.29. The molecule has 4 amide bonds. The number of rotatable bonds is 4. The predicted octanol–water partition coefficient (Wildman–Crippen LogP) is -0.535. The SMILES string of the molecule is CCC(=N\NC(N)=O)/C(C)=N\NC(N)=O. The maximum Gasteiger partial charge on any atom is 0.332 e. The second-order valence-electron chi connectivity index (χ2n) is 2.56. The summed E-state index contributed by atoms with van der Waals surface area (Å²) in [5.74, 6) is 0. The number of carbonyl (C=O) groups is 2. The van der Waals surface area contributed by atoms with E-state index >= 15 is 0 Å². The number of urea groups is 2. The van der Waals surface area contributed by atoms with E-state index in [9.17, 15) is 9.59 Å². The zero-order chi connectivity index (χ0) is 11.8. The van der Waals surface area contributed by atoms with Crippen molar-refractivity contribution in [1.82, 2.24) is 10.9 Å². The van der Waals surface area contributed by atoms with Crippen molar-refractivity contribution in [2.45, 2.75) is 20.3 Å². The zero-order valence-corrected chi connectivity index (χ0v) is 8.57. The van der Waals surface area contributed by atoms with Crippen molar-refractivity contribution in [2.24, 2.45) is 21.7 Å². The fourth-order valence-electron chi connectivity index (χ4n) is 0.742. The molecule has 0 aliphatic carbocycles. The van der Waals surface area contributed by atoms with Crippen LogP contribution in [-0.4, -0.2) is 23.5 Å². The van der Waals surface area contributed by atoms with Crippen molar-refractivity contribution in [3.8, 4) is 0 Å². The van der Waals surface area contributed by atoms with Gasteiger partial charge >= 0.3 is 12.1 Å². The lowest BCUT2D eigenvalue weighted by Gasteiger charge is -2.02. The van der Waals surface area contributed by atoms with Gasteiger partial charge in [-0.25, -0.2) is 20.4 Å². The highest BCUT2D eigenvalue weighted by molar-refractivity contribution is 6.41. The average Bonchev–Trinajstić information content (AvgIpc) is 2.15. The van der Waals surface area contributed by atoms with Crippen LogP contribution in [0.15, 0.2) is 10.2 Å². The number of nitrogens with zero attached hydrogens (tertiary/aromatic N) is 2. The largest absolute Gasteiger partial charge is 0.350 e. The molecule has 0 aromatic carbocycles. The topological polar surface area (TPSA) is 135 Å². The molecule has 0 rings (SSSR count). The molecule has 84 valence electrons. The minimum atomic E-state index is -0.771. The van der Waals surface area contributed by atoms with Crippen LogP contribution in [0, 0.1) is 0 Å². The first-order chi connectivity index (χ1) is 6.97. The summed E-state index contributed by atoms with van der Waals surface area (Å²) in [6, 6.07) is -1.54. The molecule has 8 heteroatoms. The van der Waals surface area contributed by atoms with E-state index < -0.39 is 12.1 Å². The maximum atomic E-state index is 10.4. The Morgan fingerprint density at radius 2 is 1.60 bits per heavy atom. The van der Waals surface area contributed by atoms with Crippen LogP contribution in [-0.2, 0) is 0 Å². The number of hydrogen-bond donors (Lipinski definition) is 4. The van der Waals surface area contributed by atoms with Crippen molar-refractivity contribution in [2.75, 3.05) is 0 Å². The predicted molar refractivity (Wildman–Crippen MR) is 56.3 cm³/mol. The molecule has 0 aliphatic rings. The van der Waals surface area contributed by atoms with Gasteiger partial charge in [0.05, 0.1) is 11.4 Å². The number of hydrazone groups is 2. The molecule has 0 aromatic heterocycles. The van der Waals surface area contributed by atoms with Crippen LogP contribution >= 0.6 is 0 Å². The van der Waals surface area contributed by atoms with Gasteiger partial charge in [-0.2, -0.15) is 10.2 Å². The van der Waals surface area contributed by atoms with Crippen molar-refractivity contribution < 1.29 is 9.59 Å². The van der Waals surface area contributed by atoms with Gasteiger partial charge in [-0.1, -0.05) is 6.92 Å². The third kappa shape index (κ3) is 6.02. The van der Waals surface area contributed by atoms with Crippen molar-refractivity contribution >= 4 is 23.5 Å². The van der Waals surface area contributed by atoms with Gasteiger partial charge in [0.2, 0.25) is 0 Å². The lowest BCUT2D eigenvalue weighted by atomic mass is 10.2. The molecule has 0 heterocycles. The van der Waals surface area contributed by atoms with Crippen molar-refractivity contribution in [3.63, 3.8) is 0 Å². The van der Waals surface area contributed by atoms with Gasteiger partial charge in [0.25, 0.3) is 0 Å². The van der Waals surface area contributed by atoms with Crippen LogP contribution in [0.5, 0.6) is 0 Å². The van der Waals surface area contributed by atoms with Gasteiger partial charge in [-0.15, -0.1) is 0 Å². The van der Waals surface area contributed by atoms with E-state index in [4.69, 9.17) is 11.5 Å². The van der Waals surface area contributed by atoms with Crippen LogP contribution in [0.3, 0.4) is 0 Å². The smallest absolute Gasteiger partial charge is 0.332 e. The standard InChI is InChI=1S/C7H14N6O2/c1-3-5(11-13-7(9)15)4(2)10-12-6(8)14/h3H2,1-2H3,(H3,8,12,14)(H3,9,13,15)/b10-4-,11-5+. The Kier molecular flexibility index (Phi) is 5.45. The average molecular weight is 214 g/mol. The van der Waals surface area contributed by atoms with Gasteiger partial charge in [0.1, 0.15) is 0 Å². The molecule has 0 unspecified atom stereocenters. The minimum Gasteiger partial charge on any atom is -0.350 e.